The van der Waals surface area contributed by atoms with Crippen LogP contribution in [0.25, 0.3) is 0 Å². The molecule has 0 N–H and O–H groups in total. The lowest BCUT2D eigenvalue weighted by Crippen LogP contribution is -2.04. The summed E-state index contributed by atoms with van der Waals surface area (Å²) in [5.41, 5.74) is 0. The molecule has 0 saturated heterocycles. The Hall–Kier alpha value is 0.0200. The van der Waals surface area contributed by atoms with E-state index in [4.69, 9.17) is 0 Å². The molecule has 1 nitrogen and oxygen atoms in total. The van der Waals surface area contributed by atoms with E-state index >= 15 is 0 Å². The van der Waals surface area contributed by atoms with Gasteiger partial charge in [0.1, 0.15) is 0 Å². The molecule has 0 fully saturated rings. The van der Waals surface area contributed by atoms with E-state index in [1.165, 1.54) is 0 Å². The van der Waals surface area contributed by atoms with E-state index in [1.807, 2.05) is 32.0 Å². The lowest BCUT2D eigenvalue weighted by Gasteiger charge is -2.08. The van der Waals surface area contributed by atoms with Gasteiger partial charge in [0.2, 0.25) is 0 Å². The highest BCUT2D eigenvalue weighted by atomic mass is 79.9. The lowest BCUT2D eigenvalue weighted by molar-refractivity contribution is 0.552. The maximum Gasteiger partial charge on any atom is 0.0757 e. The molecule has 0 atom stereocenters. The number of rotatable bonds is 1. The summed E-state index contributed by atoms with van der Waals surface area (Å²) < 4.78 is 1.12. The molecule has 0 aliphatic heterocycles. The van der Waals surface area contributed by atoms with Crippen molar-refractivity contribution in [1.82, 2.24) is 4.90 Å². The molecule has 0 amide bonds. The van der Waals surface area contributed by atoms with Gasteiger partial charge in [-0.15, -0.1) is 0 Å². The third-order valence-corrected chi connectivity index (χ3v) is 1.83. The molecule has 0 aromatic heterocycles. The van der Waals surface area contributed by atoms with Crippen molar-refractivity contribution < 1.29 is 0 Å². The Labute approximate surface area is 53.1 Å². The van der Waals surface area contributed by atoms with Crippen LogP contribution in [0.3, 0.4) is 0 Å². The highest BCUT2D eigenvalue weighted by Crippen LogP contribution is 2.04. The minimum absolute atomic E-state index is 1.12. The Morgan fingerprint density at radius 2 is 2.00 bits per heavy atom. The lowest BCUT2D eigenvalue weighted by atomic mass is 10.7. The monoisotopic (exact) mass is 163 g/mol. The predicted octanol–water partition coefficient (Wildman–Crippen LogP) is 1.80. The van der Waals surface area contributed by atoms with Crippen molar-refractivity contribution in [2.24, 2.45) is 0 Å². The van der Waals surface area contributed by atoms with E-state index < -0.39 is 0 Å². The van der Waals surface area contributed by atoms with Crippen LogP contribution in [0.4, 0.5) is 0 Å². The topological polar surface area (TPSA) is 3.24 Å². The van der Waals surface area contributed by atoms with Crippen molar-refractivity contribution in [3.8, 4) is 0 Å². The van der Waals surface area contributed by atoms with Gasteiger partial charge in [-0.3, -0.25) is 0 Å². The van der Waals surface area contributed by atoms with Crippen molar-refractivity contribution in [1.29, 1.82) is 0 Å². The maximum atomic E-state index is 3.33. The molecule has 0 spiro atoms. The molecule has 0 radical (unpaired) electrons. The largest absolute Gasteiger partial charge is 0.372 e. The number of halogens is 1. The molecule has 0 unspecified atom stereocenters. The van der Waals surface area contributed by atoms with Gasteiger partial charge in [-0.05, 0) is 22.9 Å². The van der Waals surface area contributed by atoms with Crippen LogP contribution in [0.1, 0.15) is 6.92 Å². The Kier molecular flexibility index (Phi) is 3.09. The van der Waals surface area contributed by atoms with Crippen molar-refractivity contribution >= 4 is 15.9 Å². The predicted molar refractivity (Wildman–Crippen MR) is 36.4 cm³/mol. The van der Waals surface area contributed by atoms with E-state index in [2.05, 4.69) is 15.9 Å². The minimum atomic E-state index is 1.12. The van der Waals surface area contributed by atoms with E-state index in [9.17, 15) is 0 Å². The highest BCUT2D eigenvalue weighted by molar-refractivity contribution is 9.11. The first-order valence-corrected chi connectivity index (χ1v) is 2.97. The van der Waals surface area contributed by atoms with Crippen LogP contribution in [-0.2, 0) is 0 Å². The second kappa shape index (κ2) is 3.08. The van der Waals surface area contributed by atoms with Crippen LogP contribution < -0.4 is 0 Å². The van der Waals surface area contributed by atoms with Gasteiger partial charge in [-0.1, -0.05) is 6.08 Å². The van der Waals surface area contributed by atoms with E-state index in [1.54, 1.807) is 0 Å². The Balaban J connectivity index is 3.56. The number of nitrogens with zero attached hydrogens (tertiary/aromatic N) is 1. The van der Waals surface area contributed by atoms with Crippen LogP contribution in [-0.4, -0.2) is 19.0 Å². The summed E-state index contributed by atoms with van der Waals surface area (Å²) in [7, 11) is 3.98. The van der Waals surface area contributed by atoms with E-state index in [-0.39, 0.29) is 0 Å². The normalized spacial score (nSPS) is 11.7. The molecule has 0 aromatic rings. The molecule has 2 heteroatoms. The molecule has 0 rings (SSSR count). The van der Waals surface area contributed by atoms with Gasteiger partial charge < -0.3 is 4.90 Å². The fourth-order valence-corrected chi connectivity index (χ4v) is 0.258. The molecule has 0 saturated carbocycles. The summed E-state index contributed by atoms with van der Waals surface area (Å²) in [5, 5.41) is 0. The molecule has 0 heterocycles. The van der Waals surface area contributed by atoms with Crippen LogP contribution >= 0.6 is 15.9 Å². The van der Waals surface area contributed by atoms with Crippen LogP contribution in [0.2, 0.25) is 0 Å². The van der Waals surface area contributed by atoms with Gasteiger partial charge in [0.25, 0.3) is 0 Å². The number of hydrogen-bond donors (Lipinski definition) is 0. The molecule has 0 aliphatic carbocycles. The molecular weight excluding hydrogens is 154 g/mol. The van der Waals surface area contributed by atoms with Gasteiger partial charge in [0.05, 0.1) is 4.61 Å². The average molecular weight is 164 g/mol. The zero-order valence-electron chi connectivity index (χ0n) is 4.90. The van der Waals surface area contributed by atoms with Crippen molar-refractivity contribution in [3.63, 3.8) is 0 Å². The SMILES string of the molecule is C/C=C(\Br)N(C)C. The minimum Gasteiger partial charge on any atom is -0.372 e. The first-order chi connectivity index (χ1) is 3.18. The van der Waals surface area contributed by atoms with Gasteiger partial charge in [0.15, 0.2) is 0 Å². The standard InChI is InChI=1S/C5H10BrN/c1-4-5(6)7(2)3/h4H,1-3H3/b5-4+. The van der Waals surface area contributed by atoms with Gasteiger partial charge >= 0.3 is 0 Å². The Morgan fingerprint density at radius 1 is 1.57 bits per heavy atom. The summed E-state index contributed by atoms with van der Waals surface area (Å²) in [6.07, 6.45) is 2.00. The van der Waals surface area contributed by atoms with Gasteiger partial charge in [0, 0.05) is 14.1 Å². The van der Waals surface area contributed by atoms with Crippen LogP contribution in [0.15, 0.2) is 10.7 Å². The first kappa shape index (κ1) is 7.02. The van der Waals surface area contributed by atoms with Crippen molar-refractivity contribution in [2.75, 3.05) is 14.1 Å². The molecule has 0 bridgehead atoms. The second-order valence-electron chi connectivity index (χ2n) is 1.51. The Bertz CT molecular complexity index is 76.1. The summed E-state index contributed by atoms with van der Waals surface area (Å²) in [5.74, 6) is 0. The van der Waals surface area contributed by atoms with Gasteiger partial charge in [-0.2, -0.15) is 0 Å². The summed E-state index contributed by atoms with van der Waals surface area (Å²) >= 11 is 3.33. The third-order valence-electron chi connectivity index (χ3n) is 0.665. The average Bonchev–Trinajstić information content (AvgIpc) is 1.65. The Morgan fingerprint density at radius 3 is 2.00 bits per heavy atom. The first-order valence-electron chi connectivity index (χ1n) is 2.17. The highest BCUT2D eigenvalue weighted by Gasteiger charge is 1.85. The summed E-state index contributed by atoms with van der Waals surface area (Å²) in [4.78, 5) is 2.00. The summed E-state index contributed by atoms with van der Waals surface area (Å²) in [6, 6.07) is 0. The van der Waals surface area contributed by atoms with Crippen LogP contribution in [0.5, 0.6) is 0 Å². The molecule has 42 valence electrons. The van der Waals surface area contributed by atoms with Crippen molar-refractivity contribution in [2.45, 2.75) is 6.92 Å². The van der Waals surface area contributed by atoms with Crippen LogP contribution in [0, 0.1) is 0 Å². The number of hydrogen-bond acceptors (Lipinski definition) is 1. The zero-order chi connectivity index (χ0) is 5.86. The fraction of sp³-hybridized carbons (Fsp3) is 0.600. The fourth-order valence-electron chi connectivity index (χ4n) is 0.258. The summed E-state index contributed by atoms with van der Waals surface area (Å²) in [6.45, 7) is 1.99. The number of allylic oxidation sites excluding steroid dienone is 1. The zero-order valence-corrected chi connectivity index (χ0v) is 6.49. The molecular formula is C5H10BrN. The van der Waals surface area contributed by atoms with Crippen molar-refractivity contribution in [3.05, 3.63) is 10.7 Å². The van der Waals surface area contributed by atoms with E-state index in [0.29, 0.717) is 0 Å². The third kappa shape index (κ3) is 2.68. The molecule has 7 heavy (non-hydrogen) atoms. The maximum absolute atomic E-state index is 3.33. The molecule has 0 aromatic carbocycles. The van der Waals surface area contributed by atoms with Gasteiger partial charge in [-0.25, -0.2) is 0 Å². The second-order valence-corrected chi connectivity index (χ2v) is 2.32. The molecule has 0 aliphatic rings. The quantitative estimate of drug-likeness (QED) is 0.534. The smallest absolute Gasteiger partial charge is 0.0757 e. The van der Waals surface area contributed by atoms with E-state index in [0.717, 1.165) is 4.61 Å².